The summed E-state index contributed by atoms with van der Waals surface area (Å²) in [6, 6.07) is 11.7. The van der Waals surface area contributed by atoms with Crippen molar-refractivity contribution in [1.82, 2.24) is 19.6 Å². The molecule has 0 spiro atoms. The largest absolute Gasteiger partial charge is 0.360 e. The molecule has 4 rings (SSSR count). The molecule has 0 saturated carbocycles. The van der Waals surface area contributed by atoms with E-state index >= 15 is 0 Å². The third-order valence-electron chi connectivity index (χ3n) is 6.19. The molecule has 2 aromatic heterocycles. The molecule has 4 aromatic rings. The maximum atomic E-state index is 10.8. The standard InChI is InChI=1S/2C13H18IN3O3Si/c1-21(2,3)7-6-20-9-16-12-5-4-10(17(18)19)8-11(12)13(14)15-16;1-21(2,3)7-6-20-9-16-13(14)11-8-10(17(18)19)4-5-12(11)15-16/h2*4-5,8H,6-7,9H2,1-3H3. The number of fused-ring (bicyclic) bond motifs is 2. The highest BCUT2D eigenvalue weighted by Gasteiger charge is 2.17. The average molecular weight is 839 g/mol. The topological polar surface area (TPSA) is 140 Å². The van der Waals surface area contributed by atoms with Gasteiger partial charge in [0.25, 0.3) is 11.4 Å². The quantitative estimate of drug-likeness (QED) is 0.0465. The van der Waals surface area contributed by atoms with Gasteiger partial charge in [-0.2, -0.15) is 10.2 Å². The van der Waals surface area contributed by atoms with Crippen LogP contribution in [0.3, 0.4) is 0 Å². The Kier molecular flexibility index (Phi) is 12.0. The summed E-state index contributed by atoms with van der Waals surface area (Å²) in [5.41, 5.74) is 1.77. The van der Waals surface area contributed by atoms with Crippen LogP contribution in [-0.2, 0) is 22.9 Å². The Bertz CT molecular complexity index is 1540. The fraction of sp³-hybridized carbons (Fsp3) is 0.462. The number of ether oxygens (including phenoxy) is 2. The monoisotopic (exact) mass is 838 g/mol. The summed E-state index contributed by atoms with van der Waals surface area (Å²) in [7, 11) is -2.19. The second-order valence-electron chi connectivity index (χ2n) is 12.2. The molecule has 0 unspecified atom stereocenters. The lowest BCUT2D eigenvalue weighted by Crippen LogP contribution is -2.22. The fourth-order valence-electron chi connectivity index (χ4n) is 3.69. The van der Waals surface area contributed by atoms with Crippen molar-refractivity contribution in [3.05, 3.63) is 64.0 Å². The van der Waals surface area contributed by atoms with E-state index < -0.39 is 26.0 Å². The first-order chi connectivity index (χ1) is 19.6. The van der Waals surface area contributed by atoms with Gasteiger partial charge in [0.15, 0.2) is 0 Å². The van der Waals surface area contributed by atoms with Crippen LogP contribution in [0.5, 0.6) is 0 Å². The third kappa shape index (κ3) is 10.0. The smallest absolute Gasteiger partial charge is 0.270 e. The zero-order valence-corrected chi connectivity index (χ0v) is 30.9. The predicted octanol–water partition coefficient (Wildman–Crippen LogP) is 7.72. The van der Waals surface area contributed by atoms with E-state index in [1.807, 2.05) is 0 Å². The van der Waals surface area contributed by atoms with Crippen molar-refractivity contribution in [2.75, 3.05) is 13.2 Å². The molecule has 0 fully saturated rings. The van der Waals surface area contributed by atoms with Crippen molar-refractivity contribution in [2.45, 2.75) is 64.8 Å². The lowest BCUT2D eigenvalue weighted by molar-refractivity contribution is -0.384. The molecule has 2 aromatic carbocycles. The molecular weight excluding hydrogens is 802 g/mol. The van der Waals surface area contributed by atoms with Gasteiger partial charge in [-0.25, -0.2) is 9.36 Å². The zero-order chi connectivity index (χ0) is 31.2. The van der Waals surface area contributed by atoms with Crippen molar-refractivity contribution in [2.24, 2.45) is 0 Å². The minimum absolute atomic E-state index is 0.0830. The lowest BCUT2D eigenvalue weighted by atomic mass is 10.2. The van der Waals surface area contributed by atoms with Crippen molar-refractivity contribution >= 4 is 94.5 Å². The van der Waals surface area contributed by atoms with Crippen LogP contribution in [-0.4, -0.2) is 58.8 Å². The van der Waals surface area contributed by atoms with Gasteiger partial charge in [0.2, 0.25) is 0 Å². The van der Waals surface area contributed by atoms with E-state index in [2.05, 4.69) is 94.7 Å². The van der Waals surface area contributed by atoms with Crippen LogP contribution in [0.2, 0.25) is 51.4 Å². The van der Waals surface area contributed by atoms with E-state index in [4.69, 9.17) is 9.47 Å². The van der Waals surface area contributed by atoms with Crippen molar-refractivity contribution < 1.29 is 19.3 Å². The second-order valence-corrected chi connectivity index (χ2v) is 25.5. The molecule has 0 aliphatic heterocycles. The van der Waals surface area contributed by atoms with Crippen LogP contribution < -0.4 is 0 Å². The summed E-state index contributed by atoms with van der Waals surface area (Å²) in [6.45, 7) is 16.0. The van der Waals surface area contributed by atoms with E-state index in [0.29, 0.717) is 13.5 Å². The fourth-order valence-corrected chi connectivity index (χ4v) is 6.57. The Morgan fingerprint density at radius 1 is 0.762 bits per heavy atom. The highest BCUT2D eigenvalue weighted by molar-refractivity contribution is 14.1. The molecule has 0 aliphatic rings. The molecule has 0 aliphatic carbocycles. The van der Waals surface area contributed by atoms with Gasteiger partial charge in [-0.3, -0.25) is 20.2 Å². The van der Waals surface area contributed by atoms with Gasteiger partial charge in [-0.1, -0.05) is 39.3 Å². The SMILES string of the molecule is C[Si](C)(C)CCOCn1nc(I)c2cc([N+](=O)[O-])ccc21.C[Si](C)(C)CCOCn1nc2ccc([N+](=O)[O-])cc2c1I. The Labute approximate surface area is 273 Å². The average Bonchev–Trinajstić information content (AvgIpc) is 3.38. The number of benzene rings is 2. The number of non-ortho nitro benzene ring substituents is 2. The van der Waals surface area contributed by atoms with Gasteiger partial charge in [0.1, 0.15) is 20.9 Å². The summed E-state index contributed by atoms with van der Waals surface area (Å²) < 4.78 is 16.5. The number of hydrogen-bond donors (Lipinski definition) is 0. The maximum absolute atomic E-state index is 10.8. The van der Waals surface area contributed by atoms with Crippen LogP contribution in [0.15, 0.2) is 36.4 Å². The molecule has 228 valence electrons. The molecule has 12 nitrogen and oxygen atoms in total. The van der Waals surface area contributed by atoms with E-state index in [0.717, 1.165) is 54.5 Å². The number of nitro benzene ring substituents is 2. The first-order valence-electron chi connectivity index (χ1n) is 13.3. The molecule has 0 atom stereocenters. The first-order valence-corrected chi connectivity index (χ1v) is 22.9. The Morgan fingerprint density at radius 3 is 1.79 bits per heavy atom. The third-order valence-corrected chi connectivity index (χ3v) is 11.5. The highest BCUT2D eigenvalue weighted by Crippen LogP contribution is 2.26. The molecule has 0 bridgehead atoms. The molecule has 0 amide bonds. The van der Waals surface area contributed by atoms with Crippen LogP contribution in [0.25, 0.3) is 21.8 Å². The Hall–Kier alpha value is -2.01. The summed E-state index contributed by atoms with van der Waals surface area (Å²) in [5, 5.41) is 32.0. The Morgan fingerprint density at radius 2 is 1.26 bits per heavy atom. The van der Waals surface area contributed by atoms with Gasteiger partial charge in [-0.05, 0) is 69.4 Å². The van der Waals surface area contributed by atoms with Gasteiger partial charge in [0.05, 0.1) is 20.9 Å². The molecule has 16 heteroatoms. The van der Waals surface area contributed by atoms with Crippen LogP contribution in [0, 0.1) is 27.6 Å². The first kappa shape index (κ1) is 34.5. The van der Waals surface area contributed by atoms with E-state index in [1.165, 1.54) is 12.1 Å². The minimum Gasteiger partial charge on any atom is -0.360 e. The maximum Gasteiger partial charge on any atom is 0.270 e. The number of halogens is 2. The van der Waals surface area contributed by atoms with E-state index in [-0.39, 0.29) is 11.4 Å². The van der Waals surface area contributed by atoms with Crippen LogP contribution in [0.4, 0.5) is 11.4 Å². The summed E-state index contributed by atoms with van der Waals surface area (Å²) >= 11 is 4.24. The molecule has 0 radical (unpaired) electrons. The Balaban J connectivity index is 0.000000230. The molecule has 42 heavy (non-hydrogen) atoms. The number of hydrogen-bond acceptors (Lipinski definition) is 8. The number of nitro groups is 2. The minimum atomic E-state index is -1.10. The summed E-state index contributed by atoms with van der Waals surface area (Å²) in [5.74, 6) is 0. The van der Waals surface area contributed by atoms with Crippen molar-refractivity contribution in [3.63, 3.8) is 0 Å². The molecule has 0 saturated heterocycles. The summed E-state index contributed by atoms with van der Waals surface area (Å²) in [4.78, 5) is 20.9. The van der Waals surface area contributed by atoms with E-state index in [9.17, 15) is 20.2 Å². The normalized spacial score (nSPS) is 12.0. The number of nitrogens with zero attached hydrogens (tertiary/aromatic N) is 6. The predicted molar refractivity (Wildman–Crippen MR) is 186 cm³/mol. The van der Waals surface area contributed by atoms with E-state index in [1.54, 1.807) is 33.6 Å². The zero-order valence-electron chi connectivity index (χ0n) is 24.6. The second kappa shape index (κ2) is 14.6. The van der Waals surface area contributed by atoms with Crippen LogP contribution in [0.1, 0.15) is 0 Å². The number of rotatable bonds is 12. The van der Waals surface area contributed by atoms with Gasteiger partial charge >= 0.3 is 0 Å². The van der Waals surface area contributed by atoms with Gasteiger partial charge < -0.3 is 9.47 Å². The van der Waals surface area contributed by atoms with Crippen molar-refractivity contribution in [3.8, 4) is 0 Å². The molecule has 2 heterocycles. The van der Waals surface area contributed by atoms with Gasteiger partial charge in [-0.15, -0.1) is 0 Å². The number of aromatic nitrogens is 4. The van der Waals surface area contributed by atoms with Gasteiger partial charge in [0, 0.05) is 64.4 Å². The lowest BCUT2D eigenvalue weighted by Gasteiger charge is -2.15. The molecule has 0 N–H and O–H groups in total. The molecular formula is C26H36I2N6O6Si2. The summed E-state index contributed by atoms with van der Waals surface area (Å²) in [6.07, 6.45) is 0. The van der Waals surface area contributed by atoms with Crippen molar-refractivity contribution in [1.29, 1.82) is 0 Å². The highest BCUT2D eigenvalue weighted by atomic mass is 127. The van der Waals surface area contributed by atoms with Crippen LogP contribution >= 0.6 is 45.2 Å².